The number of fused-ring (bicyclic) bond motifs is 1. The Hall–Kier alpha value is -3.41. The van der Waals surface area contributed by atoms with Gasteiger partial charge in [0.1, 0.15) is 18.2 Å². The normalized spacial score (nSPS) is 13.3. The molecule has 3 aromatic rings. The van der Waals surface area contributed by atoms with Crippen molar-refractivity contribution in [2.75, 3.05) is 18.5 Å². The number of carbonyl (C=O) groups is 1. The van der Waals surface area contributed by atoms with Crippen LogP contribution in [-0.2, 0) is 6.54 Å². The van der Waals surface area contributed by atoms with E-state index in [1.807, 2.05) is 30.3 Å². The van der Waals surface area contributed by atoms with Crippen molar-refractivity contribution < 1.29 is 13.9 Å². The van der Waals surface area contributed by atoms with Crippen LogP contribution < -0.4 is 10.1 Å². The van der Waals surface area contributed by atoms with Gasteiger partial charge in [0.15, 0.2) is 0 Å². The number of pyridine rings is 1. The van der Waals surface area contributed by atoms with Crippen LogP contribution in [0.2, 0.25) is 0 Å². The number of ether oxygens (including phenoxy) is 1. The largest absolute Gasteiger partial charge is 0.491 e. The van der Waals surface area contributed by atoms with Gasteiger partial charge < -0.3 is 15.0 Å². The molecule has 6 heteroatoms. The fourth-order valence-corrected chi connectivity index (χ4v) is 3.03. The minimum absolute atomic E-state index is 0.243. The average molecular weight is 363 g/mol. The topological polar surface area (TPSA) is 54.5 Å². The van der Waals surface area contributed by atoms with E-state index in [0.29, 0.717) is 25.4 Å². The molecule has 27 heavy (non-hydrogen) atoms. The van der Waals surface area contributed by atoms with Crippen molar-refractivity contribution in [1.29, 1.82) is 0 Å². The van der Waals surface area contributed by atoms with E-state index in [1.54, 1.807) is 17.3 Å². The second-order valence-corrected chi connectivity index (χ2v) is 6.27. The summed E-state index contributed by atoms with van der Waals surface area (Å²) in [5, 5.41) is 2.80. The molecule has 2 heterocycles. The zero-order valence-corrected chi connectivity index (χ0v) is 14.6. The number of hydrogen-bond acceptors (Lipinski definition) is 3. The molecule has 2 aromatic carbocycles. The van der Waals surface area contributed by atoms with Crippen LogP contribution in [0.3, 0.4) is 0 Å². The number of amides is 2. The summed E-state index contributed by atoms with van der Waals surface area (Å²) in [5.41, 5.74) is 3.59. The van der Waals surface area contributed by atoms with Crippen molar-refractivity contribution in [2.45, 2.75) is 6.54 Å². The highest BCUT2D eigenvalue weighted by Gasteiger charge is 2.20. The lowest BCUT2D eigenvalue weighted by Gasteiger charge is -2.20. The van der Waals surface area contributed by atoms with Gasteiger partial charge in [0, 0.05) is 23.6 Å². The Balaban J connectivity index is 1.54. The zero-order valence-electron chi connectivity index (χ0n) is 14.6. The Labute approximate surface area is 156 Å². The van der Waals surface area contributed by atoms with Gasteiger partial charge in [-0.3, -0.25) is 4.98 Å². The molecule has 0 spiro atoms. The number of aromatic nitrogens is 1. The minimum atomic E-state index is -0.339. The van der Waals surface area contributed by atoms with E-state index >= 15 is 0 Å². The van der Waals surface area contributed by atoms with Gasteiger partial charge >= 0.3 is 6.03 Å². The molecule has 1 aromatic heterocycles. The molecule has 5 nitrogen and oxygen atoms in total. The molecule has 0 aliphatic carbocycles. The highest BCUT2D eigenvalue weighted by atomic mass is 19.1. The van der Waals surface area contributed by atoms with Gasteiger partial charge in [0.05, 0.1) is 13.1 Å². The van der Waals surface area contributed by atoms with E-state index < -0.39 is 0 Å². The summed E-state index contributed by atoms with van der Waals surface area (Å²) < 4.78 is 18.8. The van der Waals surface area contributed by atoms with Crippen LogP contribution in [-0.4, -0.2) is 29.1 Å². The van der Waals surface area contributed by atoms with Crippen LogP contribution in [0.15, 0.2) is 67.0 Å². The number of nitrogens with zero attached hydrogens (tertiary/aromatic N) is 2. The molecule has 4 rings (SSSR count). The molecular formula is C21H18FN3O2. The first kappa shape index (κ1) is 17.0. The van der Waals surface area contributed by atoms with Crippen LogP contribution in [0.4, 0.5) is 14.9 Å². The lowest BCUT2D eigenvalue weighted by Crippen LogP contribution is -2.36. The molecule has 0 atom stereocenters. The molecule has 0 saturated carbocycles. The van der Waals surface area contributed by atoms with E-state index in [-0.39, 0.29) is 11.8 Å². The fraction of sp³-hybridized carbons (Fsp3) is 0.143. The van der Waals surface area contributed by atoms with Crippen molar-refractivity contribution >= 4 is 11.7 Å². The Morgan fingerprint density at radius 1 is 1.04 bits per heavy atom. The molecular weight excluding hydrogens is 345 g/mol. The monoisotopic (exact) mass is 363 g/mol. The highest BCUT2D eigenvalue weighted by molar-refractivity contribution is 5.89. The maximum atomic E-state index is 13.0. The molecule has 0 saturated heterocycles. The molecule has 0 bridgehead atoms. The van der Waals surface area contributed by atoms with Crippen molar-refractivity contribution in [2.24, 2.45) is 0 Å². The number of carbonyl (C=O) groups excluding carboxylic acids is 1. The summed E-state index contributed by atoms with van der Waals surface area (Å²) >= 11 is 0. The van der Waals surface area contributed by atoms with Crippen molar-refractivity contribution in [3.05, 3.63) is 78.4 Å². The van der Waals surface area contributed by atoms with Crippen molar-refractivity contribution in [1.82, 2.24) is 9.88 Å². The van der Waals surface area contributed by atoms with Crippen LogP contribution in [0, 0.1) is 5.82 Å². The maximum absolute atomic E-state index is 13.0. The summed E-state index contributed by atoms with van der Waals surface area (Å²) in [6, 6.07) is 15.3. The Morgan fingerprint density at radius 2 is 1.81 bits per heavy atom. The van der Waals surface area contributed by atoms with Crippen LogP contribution in [0.25, 0.3) is 11.1 Å². The quantitative estimate of drug-likeness (QED) is 0.738. The van der Waals surface area contributed by atoms with Gasteiger partial charge in [-0.25, -0.2) is 9.18 Å². The smallest absolute Gasteiger partial charge is 0.322 e. The van der Waals surface area contributed by atoms with E-state index in [4.69, 9.17) is 4.74 Å². The predicted octanol–water partition coefficient (Wildman–Crippen LogP) is 4.31. The summed E-state index contributed by atoms with van der Waals surface area (Å²) in [6.45, 7) is 1.31. The zero-order chi connectivity index (χ0) is 18.6. The van der Waals surface area contributed by atoms with Crippen LogP contribution in [0.5, 0.6) is 5.75 Å². The molecule has 2 amide bonds. The number of rotatable bonds is 2. The molecule has 136 valence electrons. The Morgan fingerprint density at radius 3 is 2.59 bits per heavy atom. The molecule has 0 radical (unpaired) electrons. The van der Waals surface area contributed by atoms with E-state index in [1.165, 1.54) is 24.3 Å². The standard InChI is InChI=1S/C21H18FN3O2/c22-18-2-4-19(5-3-18)24-21(26)25-11-12-27-20-6-1-16(13-17(20)14-25)15-7-9-23-10-8-15/h1-10,13H,11-12,14H2,(H,24,26). The maximum Gasteiger partial charge on any atom is 0.322 e. The van der Waals surface area contributed by atoms with Gasteiger partial charge in [-0.1, -0.05) is 6.07 Å². The van der Waals surface area contributed by atoms with E-state index in [2.05, 4.69) is 10.3 Å². The lowest BCUT2D eigenvalue weighted by atomic mass is 10.0. The molecule has 0 fully saturated rings. The summed E-state index contributed by atoms with van der Waals surface area (Å²) in [5.74, 6) is 0.443. The minimum Gasteiger partial charge on any atom is -0.491 e. The van der Waals surface area contributed by atoms with Crippen molar-refractivity contribution in [3.63, 3.8) is 0 Å². The Bertz CT molecular complexity index is 945. The Kier molecular flexibility index (Phi) is 4.70. The molecule has 0 unspecified atom stereocenters. The lowest BCUT2D eigenvalue weighted by molar-refractivity contribution is 0.200. The van der Waals surface area contributed by atoms with Gasteiger partial charge in [-0.2, -0.15) is 0 Å². The van der Waals surface area contributed by atoms with Crippen molar-refractivity contribution in [3.8, 4) is 16.9 Å². The van der Waals surface area contributed by atoms with E-state index in [9.17, 15) is 9.18 Å². The first-order chi connectivity index (χ1) is 13.2. The summed E-state index contributed by atoms with van der Waals surface area (Å²) in [7, 11) is 0. The average Bonchev–Trinajstić information content (AvgIpc) is 2.92. The molecule has 1 aliphatic heterocycles. The summed E-state index contributed by atoms with van der Waals surface area (Å²) in [6.07, 6.45) is 3.50. The first-order valence-corrected chi connectivity index (χ1v) is 8.67. The number of halogens is 1. The molecule has 1 N–H and O–H groups in total. The number of hydrogen-bond donors (Lipinski definition) is 1. The second-order valence-electron chi connectivity index (χ2n) is 6.27. The third-order valence-electron chi connectivity index (χ3n) is 4.44. The summed E-state index contributed by atoms with van der Waals surface area (Å²) in [4.78, 5) is 18.4. The number of benzene rings is 2. The van der Waals surface area contributed by atoms with Gasteiger partial charge in [-0.05, 0) is 59.7 Å². The fourth-order valence-electron chi connectivity index (χ4n) is 3.03. The van der Waals surface area contributed by atoms with Gasteiger partial charge in [0.2, 0.25) is 0 Å². The first-order valence-electron chi connectivity index (χ1n) is 8.67. The highest BCUT2D eigenvalue weighted by Crippen LogP contribution is 2.29. The van der Waals surface area contributed by atoms with Crippen LogP contribution >= 0.6 is 0 Å². The van der Waals surface area contributed by atoms with Gasteiger partial charge in [-0.15, -0.1) is 0 Å². The number of nitrogens with one attached hydrogen (secondary N) is 1. The van der Waals surface area contributed by atoms with Gasteiger partial charge in [0.25, 0.3) is 0 Å². The predicted molar refractivity (Wildman–Crippen MR) is 101 cm³/mol. The van der Waals surface area contributed by atoms with Crippen LogP contribution in [0.1, 0.15) is 5.56 Å². The number of urea groups is 1. The third kappa shape index (κ3) is 3.89. The number of anilines is 1. The van der Waals surface area contributed by atoms with E-state index in [0.717, 1.165) is 22.4 Å². The third-order valence-corrected chi connectivity index (χ3v) is 4.44. The molecule has 1 aliphatic rings. The second kappa shape index (κ2) is 7.45. The SMILES string of the molecule is O=C(Nc1ccc(F)cc1)N1CCOc2ccc(-c3ccncc3)cc2C1.